The number of ketones is 1. The molecule has 0 saturated carbocycles. The maximum Gasteiger partial charge on any atom is 0.189 e. The van der Waals surface area contributed by atoms with Crippen molar-refractivity contribution in [1.29, 1.82) is 0 Å². The smallest absolute Gasteiger partial charge is 0.189 e. The zero-order valence-corrected chi connectivity index (χ0v) is 5.97. The lowest BCUT2D eigenvalue weighted by atomic mass is 10.1. The molecular weight excluding hydrogens is 152 g/mol. The first-order valence-corrected chi connectivity index (χ1v) is 3.24. The molecule has 2 atom stereocenters. The van der Waals surface area contributed by atoms with Crippen LogP contribution in [0.1, 0.15) is 6.42 Å². The van der Waals surface area contributed by atoms with E-state index in [4.69, 9.17) is 20.4 Å². The van der Waals surface area contributed by atoms with E-state index in [0.717, 1.165) is 0 Å². The van der Waals surface area contributed by atoms with Crippen molar-refractivity contribution >= 4 is 5.78 Å². The zero-order valence-electron chi connectivity index (χ0n) is 5.97. The molecule has 0 aromatic heterocycles. The van der Waals surface area contributed by atoms with E-state index >= 15 is 0 Å². The number of aliphatic hydroxyl groups excluding tert-OH is 4. The molecule has 0 aromatic rings. The van der Waals surface area contributed by atoms with Gasteiger partial charge in [-0.1, -0.05) is 0 Å². The fraction of sp³-hybridized carbons (Fsp3) is 0.833. The summed E-state index contributed by atoms with van der Waals surface area (Å²) < 4.78 is 0. The molecule has 0 heterocycles. The molecule has 0 bridgehead atoms. The molecule has 0 saturated heterocycles. The monoisotopic (exact) mass is 164 g/mol. The van der Waals surface area contributed by atoms with E-state index in [9.17, 15) is 4.79 Å². The number of Topliss-reactive ketones (excluding diaryl/α,β-unsaturated/α-hetero) is 1. The van der Waals surface area contributed by atoms with Crippen molar-refractivity contribution in [3.05, 3.63) is 0 Å². The van der Waals surface area contributed by atoms with Gasteiger partial charge < -0.3 is 20.4 Å². The molecule has 0 aliphatic rings. The van der Waals surface area contributed by atoms with Crippen molar-refractivity contribution in [2.45, 2.75) is 18.6 Å². The van der Waals surface area contributed by atoms with Crippen LogP contribution in [-0.2, 0) is 4.79 Å². The summed E-state index contributed by atoms with van der Waals surface area (Å²) in [7, 11) is 0. The summed E-state index contributed by atoms with van der Waals surface area (Å²) in [6, 6.07) is 0. The van der Waals surface area contributed by atoms with E-state index in [1.165, 1.54) is 0 Å². The lowest BCUT2D eigenvalue weighted by Gasteiger charge is -2.13. The van der Waals surface area contributed by atoms with E-state index < -0.39 is 24.6 Å². The van der Waals surface area contributed by atoms with Crippen LogP contribution in [0.25, 0.3) is 0 Å². The lowest BCUT2D eigenvalue weighted by molar-refractivity contribution is -0.136. The summed E-state index contributed by atoms with van der Waals surface area (Å²) in [5.74, 6) is -0.842. The third-order valence-corrected chi connectivity index (χ3v) is 1.28. The molecule has 0 unspecified atom stereocenters. The van der Waals surface area contributed by atoms with Gasteiger partial charge in [0.1, 0.15) is 12.7 Å². The van der Waals surface area contributed by atoms with Crippen LogP contribution in [0.4, 0.5) is 0 Å². The van der Waals surface area contributed by atoms with Gasteiger partial charge in [-0.3, -0.25) is 4.79 Å². The minimum absolute atomic E-state index is 0.0765. The van der Waals surface area contributed by atoms with Crippen LogP contribution in [0.3, 0.4) is 0 Å². The number of carbonyl (C=O) groups is 1. The summed E-state index contributed by atoms with van der Waals surface area (Å²) in [5.41, 5.74) is 0. The quantitative estimate of drug-likeness (QED) is 0.365. The normalized spacial score (nSPS) is 16.0. The van der Waals surface area contributed by atoms with Crippen LogP contribution in [0.15, 0.2) is 0 Å². The van der Waals surface area contributed by atoms with Crippen LogP contribution in [0, 0.1) is 0 Å². The highest BCUT2D eigenvalue weighted by molar-refractivity contribution is 5.84. The van der Waals surface area contributed by atoms with Crippen LogP contribution in [0.5, 0.6) is 0 Å². The summed E-state index contributed by atoms with van der Waals surface area (Å²) in [6.07, 6.45) is -2.96. The summed E-state index contributed by atoms with van der Waals surface area (Å²) >= 11 is 0. The van der Waals surface area contributed by atoms with E-state index in [2.05, 4.69) is 0 Å². The van der Waals surface area contributed by atoms with Gasteiger partial charge in [-0.15, -0.1) is 0 Å². The Morgan fingerprint density at radius 2 is 1.82 bits per heavy atom. The highest BCUT2D eigenvalue weighted by Gasteiger charge is 2.22. The molecule has 0 radical (unpaired) electrons. The van der Waals surface area contributed by atoms with Crippen molar-refractivity contribution in [2.75, 3.05) is 13.2 Å². The van der Waals surface area contributed by atoms with Gasteiger partial charge in [0, 0.05) is 6.61 Å². The van der Waals surface area contributed by atoms with Gasteiger partial charge in [-0.05, 0) is 6.42 Å². The number of hydrogen-bond donors (Lipinski definition) is 4. The molecular formula is C6H12O5. The SMILES string of the molecule is O=C(CO)[C@H](O)[C@@H](O)CCO. The van der Waals surface area contributed by atoms with E-state index in [0.29, 0.717) is 0 Å². The second-order valence-electron chi connectivity index (χ2n) is 2.15. The van der Waals surface area contributed by atoms with Crippen molar-refractivity contribution in [1.82, 2.24) is 0 Å². The molecule has 0 rings (SSSR count). The Bertz CT molecular complexity index is 124. The first kappa shape index (κ1) is 10.5. The minimum Gasteiger partial charge on any atom is -0.396 e. The summed E-state index contributed by atoms with van der Waals surface area (Å²) in [4.78, 5) is 10.5. The zero-order chi connectivity index (χ0) is 8.85. The Morgan fingerprint density at radius 1 is 1.27 bits per heavy atom. The Labute approximate surface area is 63.9 Å². The van der Waals surface area contributed by atoms with Crippen LogP contribution in [-0.4, -0.2) is 51.6 Å². The number of hydrogen-bond acceptors (Lipinski definition) is 5. The Kier molecular flexibility index (Phi) is 4.97. The number of rotatable bonds is 5. The molecule has 0 spiro atoms. The number of carbonyl (C=O) groups excluding carboxylic acids is 1. The highest BCUT2D eigenvalue weighted by Crippen LogP contribution is 1.98. The first-order valence-electron chi connectivity index (χ1n) is 3.24. The Balaban J connectivity index is 3.80. The van der Waals surface area contributed by atoms with E-state index in [-0.39, 0.29) is 13.0 Å². The van der Waals surface area contributed by atoms with Gasteiger partial charge in [0.25, 0.3) is 0 Å². The summed E-state index contributed by atoms with van der Waals surface area (Å²) in [5, 5.41) is 34.3. The second-order valence-corrected chi connectivity index (χ2v) is 2.15. The molecule has 0 fully saturated rings. The largest absolute Gasteiger partial charge is 0.396 e. The molecule has 0 aromatic carbocycles. The molecule has 5 nitrogen and oxygen atoms in total. The predicted octanol–water partition coefficient (Wildman–Crippen LogP) is -2.35. The van der Waals surface area contributed by atoms with Gasteiger partial charge in [0.2, 0.25) is 0 Å². The number of aliphatic hydroxyl groups is 4. The maximum absolute atomic E-state index is 10.5. The van der Waals surface area contributed by atoms with E-state index in [1.807, 2.05) is 0 Å². The molecule has 0 amide bonds. The summed E-state index contributed by atoms with van der Waals surface area (Å²) in [6.45, 7) is -1.11. The van der Waals surface area contributed by atoms with Crippen LogP contribution >= 0.6 is 0 Å². The highest BCUT2D eigenvalue weighted by atomic mass is 16.3. The third kappa shape index (κ3) is 3.43. The fourth-order valence-electron chi connectivity index (χ4n) is 0.598. The van der Waals surface area contributed by atoms with Gasteiger partial charge in [-0.2, -0.15) is 0 Å². The molecule has 0 aliphatic carbocycles. The van der Waals surface area contributed by atoms with E-state index in [1.54, 1.807) is 0 Å². The second kappa shape index (κ2) is 5.20. The van der Waals surface area contributed by atoms with Crippen LogP contribution < -0.4 is 0 Å². The van der Waals surface area contributed by atoms with Crippen molar-refractivity contribution < 1.29 is 25.2 Å². The van der Waals surface area contributed by atoms with Gasteiger partial charge in [0.15, 0.2) is 5.78 Å². The molecule has 4 N–H and O–H groups in total. The van der Waals surface area contributed by atoms with Crippen LogP contribution in [0.2, 0.25) is 0 Å². The topological polar surface area (TPSA) is 98.0 Å². The standard InChI is InChI=1S/C6H12O5/c7-2-1-4(9)6(11)5(10)3-8/h4,6-9,11H,1-3H2/t4-,6+/m0/s1. The van der Waals surface area contributed by atoms with Gasteiger partial charge in [-0.25, -0.2) is 0 Å². The fourth-order valence-corrected chi connectivity index (χ4v) is 0.598. The molecule has 0 aliphatic heterocycles. The van der Waals surface area contributed by atoms with Crippen molar-refractivity contribution in [2.24, 2.45) is 0 Å². The average Bonchev–Trinajstić information content (AvgIpc) is 2.02. The average molecular weight is 164 g/mol. The Hall–Kier alpha value is -0.490. The predicted molar refractivity (Wildman–Crippen MR) is 35.8 cm³/mol. The third-order valence-electron chi connectivity index (χ3n) is 1.28. The maximum atomic E-state index is 10.5. The lowest BCUT2D eigenvalue weighted by Crippen LogP contribution is -2.36. The molecule has 5 heteroatoms. The molecule has 11 heavy (non-hydrogen) atoms. The minimum atomic E-state index is -1.59. The van der Waals surface area contributed by atoms with Crippen molar-refractivity contribution in [3.63, 3.8) is 0 Å². The van der Waals surface area contributed by atoms with Crippen molar-refractivity contribution in [3.8, 4) is 0 Å². The first-order chi connectivity index (χ1) is 5.13. The van der Waals surface area contributed by atoms with Gasteiger partial charge in [0.05, 0.1) is 6.10 Å². The molecule has 66 valence electrons. The Morgan fingerprint density at radius 3 is 2.18 bits per heavy atom. The van der Waals surface area contributed by atoms with Gasteiger partial charge >= 0.3 is 0 Å².